The summed E-state index contributed by atoms with van der Waals surface area (Å²) < 4.78 is 34.9. The van der Waals surface area contributed by atoms with Crippen LogP contribution >= 0.6 is 0 Å². The van der Waals surface area contributed by atoms with Crippen molar-refractivity contribution >= 4 is 21.5 Å². The number of benzene rings is 1. The van der Waals surface area contributed by atoms with E-state index in [2.05, 4.69) is 15.1 Å². The van der Waals surface area contributed by atoms with Crippen molar-refractivity contribution in [3.05, 3.63) is 36.3 Å². The maximum atomic E-state index is 13.2. The van der Waals surface area contributed by atoms with Crippen LogP contribution in [0.1, 0.15) is 12.0 Å². The minimum atomic E-state index is -3.55. The average molecular weight is 414 g/mol. The largest absolute Gasteiger partial charge is 0.381 e. The van der Waals surface area contributed by atoms with Crippen molar-refractivity contribution in [2.24, 2.45) is 11.8 Å². The minimum Gasteiger partial charge on any atom is -0.381 e. The number of fused-ring (bicyclic) bond motifs is 1. The zero-order valence-corrected chi connectivity index (χ0v) is 16.8. The lowest BCUT2D eigenvalue weighted by atomic mass is 9.87. The molecule has 0 aliphatic carbocycles. The highest BCUT2D eigenvalue weighted by Gasteiger charge is 2.41. The lowest BCUT2D eigenvalue weighted by Gasteiger charge is -2.40. The number of rotatable bonds is 4. The van der Waals surface area contributed by atoms with Crippen LogP contribution in [0.5, 0.6) is 0 Å². The van der Waals surface area contributed by atoms with Crippen molar-refractivity contribution in [1.29, 1.82) is 0 Å². The van der Waals surface area contributed by atoms with Crippen molar-refractivity contribution < 1.29 is 13.2 Å². The summed E-state index contributed by atoms with van der Waals surface area (Å²) in [7, 11) is -3.55. The van der Waals surface area contributed by atoms with Gasteiger partial charge in [0.25, 0.3) is 0 Å². The molecule has 1 aromatic carbocycles. The molecule has 2 aromatic heterocycles. The van der Waals surface area contributed by atoms with Gasteiger partial charge in [0.05, 0.1) is 16.8 Å². The first-order chi connectivity index (χ1) is 13.9. The van der Waals surface area contributed by atoms with E-state index in [0.717, 1.165) is 30.8 Å². The molecular weight excluding hydrogens is 392 g/mol. The van der Waals surface area contributed by atoms with Crippen LogP contribution in [0.2, 0.25) is 0 Å². The Balaban J connectivity index is 1.47. The van der Waals surface area contributed by atoms with Gasteiger partial charge in [-0.3, -0.25) is 0 Å². The molecule has 9 nitrogen and oxygen atoms in total. The molecular formula is C19H22N6O3S. The maximum Gasteiger partial charge on any atom is 0.243 e. The van der Waals surface area contributed by atoms with Gasteiger partial charge >= 0.3 is 0 Å². The Morgan fingerprint density at radius 1 is 1.21 bits per heavy atom. The number of nitrogens with two attached hydrogens (primary N) is 1. The number of aromatic nitrogens is 4. The van der Waals surface area contributed by atoms with Crippen LogP contribution in [0, 0.1) is 18.8 Å². The number of nitrogen functional groups attached to an aromatic ring is 1. The summed E-state index contributed by atoms with van der Waals surface area (Å²) in [6.07, 6.45) is 4.02. The van der Waals surface area contributed by atoms with E-state index in [0.29, 0.717) is 36.3 Å². The summed E-state index contributed by atoms with van der Waals surface area (Å²) in [5, 5.41) is 4.22. The Bertz CT molecular complexity index is 1180. The molecule has 5 rings (SSSR count). The molecule has 2 aliphatic rings. The molecule has 0 bridgehead atoms. The standard InChI is InChI=1S/C19H22N6O3S/c1-12-2-3-15(29(26,27)24-8-14(9-24)13-4-5-28-10-13)6-16(12)17-7-21-19-18(20)22-11-23-25(17)19/h2-3,6-7,11,13-14H,4-5,8-10H2,1H3,(H2,20,22,23). The number of hydrogen-bond donors (Lipinski definition) is 1. The molecule has 152 valence electrons. The molecule has 2 saturated heterocycles. The van der Waals surface area contributed by atoms with Crippen LogP contribution in [0.15, 0.2) is 35.6 Å². The Morgan fingerprint density at radius 3 is 2.79 bits per heavy atom. The lowest BCUT2D eigenvalue weighted by molar-refractivity contribution is 0.112. The minimum absolute atomic E-state index is 0.273. The molecule has 0 spiro atoms. The van der Waals surface area contributed by atoms with Crippen molar-refractivity contribution in [3.63, 3.8) is 0 Å². The van der Waals surface area contributed by atoms with Gasteiger partial charge in [-0.1, -0.05) is 6.07 Å². The Kier molecular flexibility index (Phi) is 4.30. The first kappa shape index (κ1) is 18.5. The van der Waals surface area contributed by atoms with Crippen molar-refractivity contribution in [1.82, 2.24) is 23.9 Å². The molecule has 29 heavy (non-hydrogen) atoms. The molecule has 0 radical (unpaired) electrons. The first-order valence-electron chi connectivity index (χ1n) is 9.58. The summed E-state index contributed by atoms with van der Waals surface area (Å²) >= 11 is 0. The number of anilines is 1. The van der Waals surface area contributed by atoms with Crippen molar-refractivity contribution in [2.45, 2.75) is 18.2 Å². The first-order valence-corrected chi connectivity index (χ1v) is 11.0. The van der Waals surface area contributed by atoms with Gasteiger partial charge in [0.15, 0.2) is 11.5 Å². The number of aryl methyl sites for hydroxylation is 1. The van der Waals surface area contributed by atoms with Gasteiger partial charge in [-0.25, -0.2) is 22.9 Å². The number of imidazole rings is 1. The molecule has 3 aromatic rings. The molecule has 0 saturated carbocycles. The van der Waals surface area contributed by atoms with Gasteiger partial charge in [0.1, 0.15) is 6.33 Å². The van der Waals surface area contributed by atoms with E-state index in [1.807, 2.05) is 13.0 Å². The second-order valence-corrected chi connectivity index (χ2v) is 9.64. The third-order valence-electron chi connectivity index (χ3n) is 5.96. The van der Waals surface area contributed by atoms with Gasteiger partial charge in [-0.2, -0.15) is 9.40 Å². The van der Waals surface area contributed by atoms with E-state index in [9.17, 15) is 8.42 Å². The summed E-state index contributed by atoms with van der Waals surface area (Å²) in [6, 6.07) is 5.17. The Morgan fingerprint density at radius 2 is 2.03 bits per heavy atom. The fourth-order valence-corrected chi connectivity index (χ4v) is 5.67. The second kappa shape index (κ2) is 6.75. The normalized spacial score (nSPS) is 20.9. The highest BCUT2D eigenvalue weighted by atomic mass is 32.2. The number of nitrogens with zero attached hydrogens (tertiary/aromatic N) is 5. The third kappa shape index (κ3) is 2.98. The zero-order valence-electron chi connectivity index (χ0n) is 16.0. The van der Waals surface area contributed by atoms with Crippen molar-refractivity contribution in [3.8, 4) is 11.3 Å². The Labute approximate surface area is 168 Å². The van der Waals surface area contributed by atoms with Crippen molar-refractivity contribution in [2.75, 3.05) is 32.0 Å². The quantitative estimate of drug-likeness (QED) is 0.685. The van der Waals surface area contributed by atoms with Crippen LogP contribution < -0.4 is 5.73 Å². The fourth-order valence-electron chi connectivity index (χ4n) is 4.09. The van der Waals surface area contributed by atoms with Crippen LogP contribution in [0.3, 0.4) is 0 Å². The highest BCUT2D eigenvalue weighted by molar-refractivity contribution is 7.89. The molecule has 10 heteroatoms. The van der Waals surface area contributed by atoms with E-state index in [-0.39, 0.29) is 10.7 Å². The van der Waals surface area contributed by atoms with Crippen LogP contribution in [0.25, 0.3) is 16.9 Å². The molecule has 2 aliphatic heterocycles. The van der Waals surface area contributed by atoms with Gasteiger partial charge in [0.2, 0.25) is 10.0 Å². The van der Waals surface area contributed by atoms with Crippen LogP contribution in [0.4, 0.5) is 5.82 Å². The third-order valence-corrected chi connectivity index (χ3v) is 7.79. The summed E-state index contributed by atoms with van der Waals surface area (Å²) in [4.78, 5) is 8.51. The second-order valence-electron chi connectivity index (χ2n) is 7.71. The van der Waals surface area contributed by atoms with Gasteiger partial charge in [0, 0.05) is 31.9 Å². The van der Waals surface area contributed by atoms with E-state index in [1.54, 1.807) is 27.2 Å². The van der Waals surface area contributed by atoms with Crippen LogP contribution in [-0.2, 0) is 14.8 Å². The van der Waals surface area contributed by atoms with E-state index >= 15 is 0 Å². The highest BCUT2D eigenvalue weighted by Crippen LogP contribution is 2.35. The SMILES string of the molecule is Cc1ccc(S(=O)(=O)N2CC(C3CCOC3)C2)cc1-c1cnc2c(N)ncnn12. The summed E-state index contributed by atoms with van der Waals surface area (Å²) in [5.41, 5.74) is 8.66. The van der Waals surface area contributed by atoms with E-state index < -0.39 is 10.0 Å². The lowest BCUT2D eigenvalue weighted by Crippen LogP contribution is -2.52. The monoisotopic (exact) mass is 414 g/mol. The average Bonchev–Trinajstić information content (AvgIpc) is 3.31. The molecule has 2 fully saturated rings. The van der Waals surface area contributed by atoms with Gasteiger partial charge in [-0.05, 0) is 42.9 Å². The van der Waals surface area contributed by atoms with E-state index in [1.165, 1.54) is 6.33 Å². The van der Waals surface area contributed by atoms with Gasteiger partial charge < -0.3 is 10.5 Å². The predicted molar refractivity (Wildman–Crippen MR) is 107 cm³/mol. The van der Waals surface area contributed by atoms with Crippen LogP contribution in [-0.4, -0.2) is 58.6 Å². The molecule has 1 unspecified atom stereocenters. The topological polar surface area (TPSA) is 116 Å². The number of ether oxygens (including phenoxy) is 1. The predicted octanol–water partition coefficient (Wildman–Crippen LogP) is 1.34. The Hall–Kier alpha value is -2.56. The molecule has 1 atom stereocenters. The molecule has 0 amide bonds. The van der Waals surface area contributed by atoms with E-state index in [4.69, 9.17) is 10.5 Å². The molecule has 2 N–H and O–H groups in total. The molecule has 4 heterocycles. The van der Waals surface area contributed by atoms with Gasteiger partial charge in [-0.15, -0.1) is 0 Å². The maximum absolute atomic E-state index is 13.2. The number of sulfonamides is 1. The zero-order chi connectivity index (χ0) is 20.2. The smallest absolute Gasteiger partial charge is 0.243 e. The number of hydrogen-bond acceptors (Lipinski definition) is 7. The fraction of sp³-hybridized carbons (Fsp3) is 0.421. The summed E-state index contributed by atoms with van der Waals surface area (Å²) in [5.74, 6) is 1.13. The summed E-state index contributed by atoms with van der Waals surface area (Å²) in [6.45, 7) is 4.56.